The number of methoxy groups -OCH3 is 1. The summed E-state index contributed by atoms with van der Waals surface area (Å²) in [6.45, 7) is 0. The zero-order valence-corrected chi connectivity index (χ0v) is 16.4. The van der Waals surface area contributed by atoms with Gasteiger partial charge in [-0.2, -0.15) is 13.2 Å². The molecule has 4 aromatic rings. The molecular formula is C22H16F3NO2S. The lowest BCUT2D eigenvalue weighted by Gasteiger charge is -2.09. The van der Waals surface area contributed by atoms with E-state index in [0.717, 1.165) is 17.8 Å². The molecule has 2 aromatic heterocycles. The summed E-state index contributed by atoms with van der Waals surface area (Å²) >= 11 is 1.31. The van der Waals surface area contributed by atoms with Gasteiger partial charge in [-0.15, -0.1) is 11.3 Å². The van der Waals surface area contributed by atoms with Crippen molar-refractivity contribution in [3.8, 4) is 16.3 Å². The fourth-order valence-corrected chi connectivity index (χ4v) is 4.51. The van der Waals surface area contributed by atoms with Gasteiger partial charge in [-0.1, -0.05) is 0 Å². The summed E-state index contributed by atoms with van der Waals surface area (Å²) in [5, 5.41) is 0.307. The molecule has 29 heavy (non-hydrogen) atoms. The zero-order chi connectivity index (χ0) is 20.8. The number of ether oxygens (including phenoxy) is 1. The van der Waals surface area contributed by atoms with Gasteiger partial charge in [0.05, 0.1) is 28.8 Å². The molecule has 0 fully saturated rings. The number of halogens is 3. The Hall–Kier alpha value is -3.06. The third-order valence-corrected chi connectivity index (χ3v) is 5.96. The third-order valence-electron chi connectivity index (χ3n) is 4.77. The summed E-state index contributed by atoms with van der Waals surface area (Å²) in [5.74, 6) is 0.271. The molecule has 0 N–H and O–H groups in total. The van der Waals surface area contributed by atoms with Crippen LogP contribution in [0.4, 0.5) is 13.2 Å². The molecule has 2 heterocycles. The lowest BCUT2D eigenvalue weighted by atomic mass is 9.98. The topological polar surface area (TPSA) is 31.2 Å². The summed E-state index contributed by atoms with van der Waals surface area (Å²) in [5.41, 5.74) is 0.670. The van der Waals surface area contributed by atoms with Crippen LogP contribution in [0.3, 0.4) is 0 Å². The SMILES string of the molecule is COc1ccc(C(=O)c2c(-c3cccn3C)sc3ccc(C(F)(F)F)cc23)cc1. The first-order chi connectivity index (χ1) is 13.8. The normalized spacial score (nSPS) is 11.8. The van der Waals surface area contributed by atoms with E-state index in [4.69, 9.17) is 4.74 Å². The lowest BCUT2D eigenvalue weighted by Crippen LogP contribution is -2.06. The molecule has 0 aliphatic rings. The Morgan fingerprint density at radius 1 is 1.07 bits per heavy atom. The second-order valence-corrected chi connectivity index (χ2v) is 7.63. The van der Waals surface area contributed by atoms with Gasteiger partial charge in [-0.05, 0) is 54.6 Å². The van der Waals surface area contributed by atoms with E-state index in [1.54, 1.807) is 24.3 Å². The van der Waals surface area contributed by atoms with Crippen molar-refractivity contribution < 1.29 is 22.7 Å². The summed E-state index contributed by atoms with van der Waals surface area (Å²) in [7, 11) is 3.36. The molecule has 0 radical (unpaired) electrons. The Labute approximate surface area is 169 Å². The van der Waals surface area contributed by atoms with Crippen molar-refractivity contribution in [3.05, 3.63) is 77.5 Å². The number of aryl methyl sites for hydroxylation is 1. The van der Waals surface area contributed by atoms with Gasteiger partial charge in [-0.25, -0.2) is 0 Å². The average molecular weight is 415 g/mol. The summed E-state index contributed by atoms with van der Waals surface area (Å²) in [6.07, 6.45) is -2.65. The van der Waals surface area contributed by atoms with E-state index in [1.165, 1.54) is 24.5 Å². The van der Waals surface area contributed by atoms with Gasteiger partial charge in [-0.3, -0.25) is 4.79 Å². The number of fused-ring (bicyclic) bond motifs is 1. The third kappa shape index (κ3) is 3.42. The van der Waals surface area contributed by atoms with Crippen LogP contribution < -0.4 is 4.74 Å². The first-order valence-electron chi connectivity index (χ1n) is 8.74. The quantitative estimate of drug-likeness (QED) is 0.374. The van der Waals surface area contributed by atoms with Gasteiger partial charge in [0.2, 0.25) is 0 Å². The maximum Gasteiger partial charge on any atom is 0.416 e. The van der Waals surface area contributed by atoms with Crippen LogP contribution in [0.15, 0.2) is 60.8 Å². The zero-order valence-electron chi connectivity index (χ0n) is 15.6. The molecule has 4 rings (SSSR count). The van der Waals surface area contributed by atoms with E-state index in [2.05, 4.69) is 0 Å². The van der Waals surface area contributed by atoms with Gasteiger partial charge in [0.25, 0.3) is 0 Å². The molecule has 0 aliphatic heterocycles. The molecule has 148 valence electrons. The van der Waals surface area contributed by atoms with Gasteiger partial charge in [0, 0.05) is 28.9 Å². The molecule has 0 spiro atoms. The van der Waals surface area contributed by atoms with Gasteiger partial charge < -0.3 is 9.30 Å². The minimum atomic E-state index is -4.48. The second kappa shape index (κ2) is 7.08. The van der Waals surface area contributed by atoms with Crippen LogP contribution in [-0.4, -0.2) is 17.5 Å². The molecule has 3 nitrogen and oxygen atoms in total. The van der Waals surface area contributed by atoms with Gasteiger partial charge in [0.1, 0.15) is 5.75 Å². The second-order valence-electron chi connectivity index (χ2n) is 6.58. The molecule has 0 unspecified atom stereocenters. The number of benzene rings is 2. The largest absolute Gasteiger partial charge is 0.497 e. The molecule has 0 amide bonds. The number of hydrogen-bond donors (Lipinski definition) is 0. The minimum Gasteiger partial charge on any atom is -0.497 e. The number of carbonyl (C=O) groups excluding carboxylic acids is 1. The Balaban J connectivity index is 1.97. The predicted octanol–water partition coefficient (Wildman–Crippen LogP) is 6.17. The molecule has 0 atom stereocenters. The number of aromatic nitrogens is 1. The molecule has 0 saturated carbocycles. The Bertz CT molecular complexity index is 1200. The predicted molar refractivity (Wildman–Crippen MR) is 108 cm³/mol. The van der Waals surface area contributed by atoms with Crippen molar-refractivity contribution in [1.82, 2.24) is 4.57 Å². The summed E-state index contributed by atoms with van der Waals surface area (Å²) in [6, 6.07) is 13.8. The van der Waals surface area contributed by atoms with Crippen molar-refractivity contribution in [2.24, 2.45) is 7.05 Å². The lowest BCUT2D eigenvalue weighted by molar-refractivity contribution is -0.137. The van der Waals surface area contributed by atoms with Crippen LogP contribution in [0.5, 0.6) is 5.75 Å². The highest BCUT2D eigenvalue weighted by atomic mass is 32.1. The highest BCUT2D eigenvalue weighted by Gasteiger charge is 2.32. The number of nitrogens with zero attached hydrogens (tertiary/aromatic N) is 1. The van der Waals surface area contributed by atoms with E-state index in [0.29, 0.717) is 26.3 Å². The molecule has 7 heteroatoms. The van der Waals surface area contributed by atoms with E-state index in [9.17, 15) is 18.0 Å². The minimum absolute atomic E-state index is 0.281. The number of hydrogen-bond acceptors (Lipinski definition) is 3. The molecule has 2 aromatic carbocycles. The van der Waals surface area contributed by atoms with E-state index >= 15 is 0 Å². The maximum absolute atomic E-state index is 13.4. The van der Waals surface area contributed by atoms with E-state index < -0.39 is 11.7 Å². The average Bonchev–Trinajstić information content (AvgIpc) is 3.29. The van der Waals surface area contributed by atoms with Crippen LogP contribution in [0.25, 0.3) is 20.7 Å². The van der Waals surface area contributed by atoms with Crippen LogP contribution in [0, 0.1) is 0 Å². The van der Waals surface area contributed by atoms with Gasteiger partial charge >= 0.3 is 6.18 Å². The number of ketones is 1. The maximum atomic E-state index is 13.4. The molecule has 0 aliphatic carbocycles. The summed E-state index contributed by atoms with van der Waals surface area (Å²) in [4.78, 5) is 14.0. The Kier molecular flexibility index (Phi) is 4.70. The van der Waals surface area contributed by atoms with Crippen LogP contribution >= 0.6 is 11.3 Å². The Morgan fingerprint density at radius 2 is 1.79 bits per heavy atom. The first-order valence-corrected chi connectivity index (χ1v) is 9.55. The van der Waals surface area contributed by atoms with Gasteiger partial charge in [0.15, 0.2) is 5.78 Å². The van der Waals surface area contributed by atoms with E-state index in [1.807, 2.05) is 29.9 Å². The fourth-order valence-electron chi connectivity index (χ4n) is 3.26. The number of carbonyl (C=O) groups is 1. The Morgan fingerprint density at radius 3 is 2.38 bits per heavy atom. The van der Waals surface area contributed by atoms with Crippen LogP contribution in [-0.2, 0) is 13.2 Å². The van der Waals surface area contributed by atoms with Crippen molar-refractivity contribution in [2.75, 3.05) is 7.11 Å². The standard InChI is InChI=1S/C22H16F3NO2S/c1-26-11-3-4-17(26)21-19(20(27)13-5-8-15(28-2)9-6-13)16-12-14(22(23,24)25)7-10-18(16)29-21/h3-12H,1-2H3. The fraction of sp³-hybridized carbons (Fsp3) is 0.136. The highest BCUT2D eigenvalue weighted by molar-refractivity contribution is 7.22. The number of rotatable bonds is 4. The molecule has 0 saturated heterocycles. The number of alkyl halides is 3. The number of thiophene rings is 1. The highest BCUT2D eigenvalue weighted by Crippen LogP contribution is 2.42. The van der Waals surface area contributed by atoms with E-state index in [-0.39, 0.29) is 11.3 Å². The monoisotopic (exact) mass is 415 g/mol. The van der Waals surface area contributed by atoms with Crippen molar-refractivity contribution in [3.63, 3.8) is 0 Å². The van der Waals surface area contributed by atoms with Crippen LogP contribution in [0.2, 0.25) is 0 Å². The van der Waals surface area contributed by atoms with Crippen molar-refractivity contribution in [2.45, 2.75) is 6.18 Å². The van der Waals surface area contributed by atoms with Crippen LogP contribution in [0.1, 0.15) is 21.5 Å². The van der Waals surface area contributed by atoms with Crippen molar-refractivity contribution >= 4 is 27.2 Å². The smallest absolute Gasteiger partial charge is 0.416 e. The summed E-state index contributed by atoms with van der Waals surface area (Å²) < 4.78 is 47.5. The first kappa shape index (κ1) is 19.3. The van der Waals surface area contributed by atoms with Crippen molar-refractivity contribution in [1.29, 1.82) is 0 Å². The molecular weight excluding hydrogens is 399 g/mol. The molecule has 0 bridgehead atoms.